The molecule has 1 unspecified atom stereocenters. The summed E-state index contributed by atoms with van der Waals surface area (Å²) in [4.78, 5) is 29.2. The van der Waals surface area contributed by atoms with Gasteiger partial charge in [0.15, 0.2) is 5.78 Å². The molecule has 1 atom stereocenters. The molecule has 1 aliphatic heterocycles. The normalized spacial score (nSPS) is 23.4. The lowest BCUT2D eigenvalue weighted by molar-refractivity contribution is -0.129. The fourth-order valence-electron chi connectivity index (χ4n) is 1.01. The molecule has 82 valence electrons. The van der Waals surface area contributed by atoms with Crippen LogP contribution in [0.2, 0.25) is 0 Å². The number of carbonyl (C=O) groups excluding carboxylic acids is 1. The number of carbonyl (C=O) groups is 1. The monoisotopic (exact) mass is 257 g/mol. The predicted molar refractivity (Wildman–Crippen MR) is 58.8 cm³/mol. The second-order valence-electron chi connectivity index (χ2n) is 2.79. The first-order chi connectivity index (χ1) is 6.49. The molecule has 0 aromatic rings. The van der Waals surface area contributed by atoms with E-state index in [2.05, 4.69) is 17.1 Å². The number of ether oxygens (including phenoxy) is 1. The molecule has 0 saturated carbocycles. The van der Waals surface area contributed by atoms with Crippen LogP contribution >= 0.6 is 17.1 Å². The van der Waals surface area contributed by atoms with E-state index in [-0.39, 0.29) is 11.5 Å². The summed E-state index contributed by atoms with van der Waals surface area (Å²) >= 11 is 5.10. The van der Waals surface area contributed by atoms with Gasteiger partial charge in [-0.25, -0.2) is 0 Å². The maximum Gasteiger partial charge on any atom is 0.242 e. The van der Waals surface area contributed by atoms with Crippen LogP contribution in [0.3, 0.4) is 0 Å². The van der Waals surface area contributed by atoms with Crippen molar-refractivity contribution in [2.75, 3.05) is 25.4 Å². The van der Waals surface area contributed by atoms with Gasteiger partial charge in [-0.15, -0.1) is 0 Å². The maximum atomic E-state index is 11.4. The van der Waals surface area contributed by atoms with Crippen molar-refractivity contribution in [3.63, 3.8) is 0 Å². The van der Waals surface area contributed by atoms with Gasteiger partial charge in [-0.05, 0) is 11.8 Å². The molecule has 0 bridgehead atoms. The van der Waals surface area contributed by atoms with Crippen molar-refractivity contribution >= 4 is 34.7 Å². The van der Waals surface area contributed by atoms with Crippen molar-refractivity contribution in [3.8, 4) is 0 Å². The second kappa shape index (κ2) is 5.55. The minimum Gasteiger partial charge on any atom is -0.368 e. The Hall–Kier alpha value is 0.510. The van der Waals surface area contributed by atoms with Crippen molar-refractivity contribution in [2.24, 2.45) is 0 Å². The molecule has 0 aromatic heterocycles. The van der Waals surface area contributed by atoms with Gasteiger partial charge in [0.05, 0.1) is 12.4 Å². The van der Waals surface area contributed by atoms with E-state index in [1.807, 2.05) is 0 Å². The van der Waals surface area contributed by atoms with Crippen LogP contribution in [0.1, 0.15) is 0 Å². The predicted octanol–water partition coefficient (Wildman–Crippen LogP) is -0.514. The van der Waals surface area contributed by atoms with E-state index in [0.717, 1.165) is 6.54 Å². The number of hydrogen-bond acceptors (Lipinski definition) is 5. The SMILES string of the molecule is O=C(CSP(O)(O)=S)C1CNCCO1. The smallest absolute Gasteiger partial charge is 0.242 e. The largest absolute Gasteiger partial charge is 0.368 e. The molecule has 1 heterocycles. The number of Topliss-reactive ketones (excluding diaryl/α,β-unsaturated/α-hetero) is 1. The van der Waals surface area contributed by atoms with E-state index in [4.69, 9.17) is 14.5 Å². The molecular weight excluding hydrogens is 245 g/mol. The third-order valence-corrected chi connectivity index (χ3v) is 4.76. The lowest BCUT2D eigenvalue weighted by atomic mass is 10.2. The van der Waals surface area contributed by atoms with Crippen LogP contribution in [0.15, 0.2) is 0 Å². The molecule has 1 rings (SSSR count). The maximum absolute atomic E-state index is 11.4. The van der Waals surface area contributed by atoms with Gasteiger partial charge in [0, 0.05) is 13.1 Å². The summed E-state index contributed by atoms with van der Waals surface area (Å²) in [6, 6.07) is 0. The van der Waals surface area contributed by atoms with Gasteiger partial charge < -0.3 is 19.8 Å². The minimum absolute atomic E-state index is 0.00335. The van der Waals surface area contributed by atoms with Gasteiger partial charge >= 0.3 is 0 Å². The topological polar surface area (TPSA) is 78.8 Å². The zero-order valence-electron chi connectivity index (χ0n) is 7.38. The number of hydrogen-bond donors (Lipinski definition) is 3. The molecule has 0 spiro atoms. The highest BCUT2D eigenvalue weighted by Gasteiger charge is 2.23. The summed E-state index contributed by atoms with van der Waals surface area (Å²) in [6.07, 6.45) is -0.474. The summed E-state index contributed by atoms with van der Waals surface area (Å²) in [5, 5.41) is 3.02. The molecule has 5 nitrogen and oxygen atoms in total. The molecule has 1 saturated heterocycles. The lowest BCUT2D eigenvalue weighted by Gasteiger charge is -2.22. The van der Waals surface area contributed by atoms with Crippen LogP contribution in [-0.2, 0) is 21.3 Å². The third kappa shape index (κ3) is 4.84. The van der Waals surface area contributed by atoms with Crippen LogP contribution < -0.4 is 5.32 Å². The summed E-state index contributed by atoms with van der Waals surface area (Å²) in [7, 11) is 0. The Labute approximate surface area is 91.1 Å². The number of ketones is 1. The van der Waals surface area contributed by atoms with Gasteiger partial charge in [-0.1, -0.05) is 11.4 Å². The standard InChI is InChI=1S/C6H12NO4PS2/c8-5(4-14-12(9,10)13)6-3-7-1-2-11-6/h6-7H,1-4H2,(H2,9,10,13). The van der Waals surface area contributed by atoms with Crippen LogP contribution in [0.4, 0.5) is 0 Å². The van der Waals surface area contributed by atoms with Gasteiger partial charge in [-0.2, -0.15) is 0 Å². The fraction of sp³-hybridized carbons (Fsp3) is 0.833. The van der Waals surface area contributed by atoms with Crippen molar-refractivity contribution in [2.45, 2.75) is 6.10 Å². The summed E-state index contributed by atoms with van der Waals surface area (Å²) in [5.74, 6) is -0.157. The van der Waals surface area contributed by atoms with E-state index in [0.29, 0.717) is 24.5 Å². The first kappa shape index (κ1) is 12.6. The molecule has 0 amide bonds. The Kier molecular flexibility index (Phi) is 4.99. The third-order valence-electron chi connectivity index (χ3n) is 1.66. The van der Waals surface area contributed by atoms with Crippen molar-refractivity contribution in [1.82, 2.24) is 5.32 Å². The van der Waals surface area contributed by atoms with Crippen molar-refractivity contribution in [3.05, 3.63) is 0 Å². The minimum atomic E-state index is -3.32. The first-order valence-electron chi connectivity index (χ1n) is 4.04. The van der Waals surface area contributed by atoms with Gasteiger partial charge in [0.25, 0.3) is 0 Å². The Morgan fingerprint density at radius 2 is 2.43 bits per heavy atom. The Bertz CT molecular complexity index is 250. The van der Waals surface area contributed by atoms with Crippen LogP contribution in [0, 0.1) is 0 Å². The fourth-order valence-corrected chi connectivity index (χ4v) is 2.85. The van der Waals surface area contributed by atoms with Gasteiger partial charge in [0.1, 0.15) is 6.10 Å². The molecular formula is C6H12NO4PS2. The highest BCUT2D eigenvalue weighted by Crippen LogP contribution is 2.50. The average Bonchev–Trinajstić information content (AvgIpc) is 2.14. The molecule has 0 aliphatic carbocycles. The van der Waals surface area contributed by atoms with E-state index in [1.54, 1.807) is 0 Å². The van der Waals surface area contributed by atoms with E-state index in [9.17, 15) is 4.79 Å². The average molecular weight is 257 g/mol. The summed E-state index contributed by atoms with van der Waals surface area (Å²) in [5.41, 5.74) is -3.32. The Morgan fingerprint density at radius 3 is 2.93 bits per heavy atom. The number of rotatable bonds is 4. The van der Waals surface area contributed by atoms with E-state index >= 15 is 0 Å². The highest BCUT2D eigenvalue weighted by molar-refractivity contribution is 8.67. The molecule has 8 heteroatoms. The quantitative estimate of drug-likeness (QED) is 0.585. The van der Waals surface area contributed by atoms with Gasteiger partial charge in [0.2, 0.25) is 5.69 Å². The van der Waals surface area contributed by atoms with Crippen LogP contribution in [-0.4, -0.2) is 47.1 Å². The molecule has 14 heavy (non-hydrogen) atoms. The highest BCUT2D eigenvalue weighted by atomic mass is 32.9. The second-order valence-corrected chi connectivity index (χ2v) is 8.84. The molecule has 3 N–H and O–H groups in total. The van der Waals surface area contributed by atoms with Crippen molar-refractivity contribution in [1.29, 1.82) is 0 Å². The zero-order valence-corrected chi connectivity index (χ0v) is 9.91. The Balaban J connectivity index is 2.30. The first-order valence-corrected chi connectivity index (χ1v) is 8.34. The summed E-state index contributed by atoms with van der Waals surface area (Å²) in [6.45, 7) is 1.74. The number of nitrogens with one attached hydrogen (secondary N) is 1. The lowest BCUT2D eigenvalue weighted by Crippen LogP contribution is -2.43. The molecule has 0 radical (unpaired) electrons. The molecule has 1 aliphatic rings. The van der Waals surface area contributed by atoms with Gasteiger partial charge in [-0.3, -0.25) is 4.79 Å². The molecule has 0 aromatic carbocycles. The zero-order chi connectivity index (χ0) is 10.6. The number of morpholine rings is 1. The summed E-state index contributed by atoms with van der Waals surface area (Å²) < 4.78 is 5.19. The molecule has 1 fully saturated rings. The van der Waals surface area contributed by atoms with Crippen molar-refractivity contribution < 1.29 is 19.3 Å². The van der Waals surface area contributed by atoms with E-state index < -0.39 is 11.8 Å². The van der Waals surface area contributed by atoms with E-state index in [1.165, 1.54) is 0 Å². The Morgan fingerprint density at radius 1 is 1.71 bits per heavy atom. The van der Waals surface area contributed by atoms with Crippen LogP contribution in [0.5, 0.6) is 0 Å². The van der Waals surface area contributed by atoms with Crippen LogP contribution in [0.25, 0.3) is 0 Å².